The van der Waals surface area contributed by atoms with Crippen molar-refractivity contribution in [2.75, 3.05) is 0 Å². The van der Waals surface area contributed by atoms with Crippen LogP contribution in [0.3, 0.4) is 0 Å². The fraction of sp³-hybridized carbons (Fsp3) is 0. The molecule has 2 heterocycles. The maximum atomic E-state index is 10.8. The molecule has 4 heteroatoms. The molecule has 2 aromatic rings. The Labute approximate surface area is 79.7 Å². The summed E-state index contributed by atoms with van der Waals surface area (Å²) in [6.07, 6.45) is 6.58. The number of hydrogen-bond donors (Lipinski definition) is 1. The van der Waals surface area contributed by atoms with Crippen LogP contribution in [0.1, 0.15) is 16.2 Å². The molecule has 0 saturated heterocycles. The Morgan fingerprint density at radius 2 is 2.36 bits per heavy atom. The average molecular weight is 186 g/mol. The predicted molar refractivity (Wildman–Crippen MR) is 50.5 cm³/mol. The molecule has 0 bridgehead atoms. The third-order valence-electron chi connectivity index (χ3n) is 1.80. The first-order valence-electron chi connectivity index (χ1n) is 3.86. The van der Waals surface area contributed by atoms with E-state index < -0.39 is 5.91 Å². The molecule has 0 atom stereocenters. The number of fused-ring (bicyclic) bond motifs is 1. The zero-order chi connectivity index (χ0) is 10.1. The van der Waals surface area contributed by atoms with Crippen molar-refractivity contribution < 1.29 is 9.21 Å². The number of pyridine rings is 1. The van der Waals surface area contributed by atoms with E-state index in [-0.39, 0.29) is 5.69 Å². The Balaban J connectivity index is 2.66. The molecule has 0 spiro atoms. The number of nitrogens with zero attached hydrogens (tertiary/aromatic N) is 1. The van der Waals surface area contributed by atoms with Crippen molar-refractivity contribution >= 4 is 16.9 Å². The highest BCUT2D eigenvalue weighted by molar-refractivity contribution is 5.94. The predicted octanol–water partition coefficient (Wildman–Crippen LogP) is 0.908. The summed E-state index contributed by atoms with van der Waals surface area (Å²) >= 11 is 0. The van der Waals surface area contributed by atoms with Gasteiger partial charge in [0.25, 0.3) is 5.91 Å². The summed E-state index contributed by atoms with van der Waals surface area (Å²) in [7, 11) is 0. The van der Waals surface area contributed by atoms with Crippen LogP contribution in [0.4, 0.5) is 0 Å². The van der Waals surface area contributed by atoms with Crippen molar-refractivity contribution in [1.82, 2.24) is 4.98 Å². The first-order chi connectivity index (χ1) is 6.70. The molecule has 0 radical (unpaired) electrons. The van der Waals surface area contributed by atoms with Crippen molar-refractivity contribution in [1.29, 1.82) is 0 Å². The van der Waals surface area contributed by atoms with E-state index in [1.165, 1.54) is 6.20 Å². The first kappa shape index (κ1) is 8.32. The number of rotatable bonds is 1. The smallest absolute Gasteiger partial charge is 0.267 e. The molecule has 0 fully saturated rings. The van der Waals surface area contributed by atoms with Crippen LogP contribution >= 0.6 is 0 Å². The number of carbonyl (C=O) groups is 1. The lowest BCUT2D eigenvalue weighted by Crippen LogP contribution is -2.12. The van der Waals surface area contributed by atoms with Crippen molar-refractivity contribution in [3.63, 3.8) is 0 Å². The number of carbonyl (C=O) groups excluding carboxylic acids is 1. The van der Waals surface area contributed by atoms with E-state index in [4.69, 9.17) is 16.6 Å². The zero-order valence-electron chi connectivity index (χ0n) is 7.15. The number of amides is 1. The third kappa shape index (κ3) is 1.21. The molecule has 0 unspecified atom stereocenters. The minimum absolute atomic E-state index is 0.196. The van der Waals surface area contributed by atoms with Crippen molar-refractivity contribution in [2.45, 2.75) is 0 Å². The number of terminal acetylenes is 1. The normalized spacial score (nSPS) is 9.93. The number of aromatic nitrogens is 1. The number of hydrogen-bond acceptors (Lipinski definition) is 3. The highest BCUT2D eigenvalue weighted by Gasteiger charge is 2.06. The standard InChI is InChI=1S/C10H6N2O2/c1-2-7-3-6-4-8(10(11)13)12-5-9(6)14-7/h1,3-5H,(H2,11,13). The van der Waals surface area contributed by atoms with E-state index in [2.05, 4.69) is 10.9 Å². The van der Waals surface area contributed by atoms with E-state index in [9.17, 15) is 4.79 Å². The fourth-order valence-corrected chi connectivity index (χ4v) is 1.15. The topological polar surface area (TPSA) is 69.1 Å². The number of furan rings is 1. The lowest BCUT2D eigenvalue weighted by molar-refractivity contribution is 0.0996. The van der Waals surface area contributed by atoms with Crippen molar-refractivity contribution in [3.8, 4) is 12.3 Å². The van der Waals surface area contributed by atoms with E-state index in [1.807, 2.05) is 0 Å². The molecule has 2 aromatic heterocycles. The average Bonchev–Trinajstić information content (AvgIpc) is 2.58. The van der Waals surface area contributed by atoms with Crippen molar-refractivity contribution in [2.24, 2.45) is 5.73 Å². The Kier molecular flexibility index (Phi) is 1.72. The van der Waals surface area contributed by atoms with Gasteiger partial charge in [0, 0.05) is 11.5 Å². The van der Waals surface area contributed by atoms with E-state index >= 15 is 0 Å². The summed E-state index contributed by atoms with van der Waals surface area (Å²) in [6.45, 7) is 0. The van der Waals surface area contributed by atoms with E-state index in [0.717, 1.165) is 5.39 Å². The minimum atomic E-state index is -0.574. The first-order valence-corrected chi connectivity index (χ1v) is 3.86. The summed E-state index contributed by atoms with van der Waals surface area (Å²) in [4.78, 5) is 14.6. The summed E-state index contributed by atoms with van der Waals surface area (Å²) < 4.78 is 5.20. The Hall–Kier alpha value is -2.28. The van der Waals surface area contributed by atoms with Gasteiger partial charge in [0.2, 0.25) is 0 Å². The summed E-state index contributed by atoms with van der Waals surface area (Å²) in [5, 5.41) is 0.724. The molecule has 2 rings (SSSR count). The second-order valence-corrected chi connectivity index (χ2v) is 2.73. The van der Waals surface area contributed by atoms with Gasteiger partial charge in [0.05, 0.1) is 6.20 Å². The van der Waals surface area contributed by atoms with Crippen LogP contribution in [-0.4, -0.2) is 10.9 Å². The minimum Gasteiger partial charge on any atom is -0.446 e. The number of nitrogens with two attached hydrogens (primary N) is 1. The van der Waals surface area contributed by atoms with Crippen LogP contribution in [0.5, 0.6) is 0 Å². The molecule has 2 N–H and O–H groups in total. The molecule has 0 aliphatic carbocycles. The van der Waals surface area contributed by atoms with Crippen molar-refractivity contribution in [3.05, 3.63) is 29.8 Å². The molecule has 1 amide bonds. The van der Waals surface area contributed by atoms with Gasteiger partial charge in [0.1, 0.15) is 5.69 Å². The van der Waals surface area contributed by atoms with Gasteiger partial charge >= 0.3 is 0 Å². The molecular formula is C10H6N2O2. The van der Waals surface area contributed by atoms with Gasteiger partial charge in [-0.3, -0.25) is 4.79 Å². The van der Waals surface area contributed by atoms with E-state index in [0.29, 0.717) is 11.3 Å². The molecule has 14 heavy (non-hydrogen) atoms. The maximum absolute atomic E-state index is 10.8. The Bertz CT molecular complexity index is 549. The molecule has 0 aliphatic heterocycles. The largest absolute Gasteiger partial charge is 0.446 e. The second-order valence-electron chi connectivity index (χ2n) is 2.73. The van der Waals surface area contributed by atoms with Gasteiger partial charge in [-0.2, -0.15) is 0 Å². The molecule has 0 aromatic carbocycles. The second kappa shape index (κ2) is 2.89. The van der Waals surface area contributed by atoms with Gasteiger partial charge in [-0.15, -0.1) is 6.42 Å². The fourth-order valence-electron chi connectivity index (χ4n) is 1.15. The monoisotopic (exact) mass is 186 g/mol. The summed E-state index contributed by atoms with van der Waals surface area (Å²) in [6, 6.07) is 3.20. The number of primary amides is 1. The molecule has 68 valence electrons. The summed E-state index contributed by atoms with van der Waals surface area (Å²) in [5.41, 5.74) is 5.81. The van der Waals surface area contributed by atoms with Gasteiger partial charge in [-0.05, 0) is 12.0 Å². The lowest BCUT2D eigenvalue weighted by Gasteiger charge is -1.92. The molecule has 4 nitrogen and oxygen atoms in total. The zero-order valence-corrected chi connectivity index (χ0v) is 7.15. The highest BCUT2D eigenvalue weighted by Crippen LogP contribution is 2.18. The van der Waals surface area contributed by atoms with Crippen LogP contribution in [-0.2, 0) is 0 Å². The Morgan fingerprint density at radius 3 is 3.00 bits per heavy atom. The quantitative estimate of drug-likeness (QED) is 0.673. The van der Waals surface area contributed by atoms with Crippen LogP contribution < -0.4 is 5.73 Å². The molecule has 0 saturated carbocycles. The summed E-state index contributed by atoms with van der Waals surface area (Å²) in [5.74, 6) is 2.19. The van der Waals surface area contributed by atoms with Gasteiger partial charge in [0.15, 0.2) is 11.3 Å². The van der Waals surface area contributed by atoms with Gasteiger partial charge < -0.3 is 10.2 Å². The SMILES string of the molecule is C#Cc1cc2cc(C(N)=O)ncc2o1. The van der Waals surface area contributed by atoms with Crippen LogP contribution in [0.25, 0.3) is 11.0 Å². The van der Waals surface area contributed by atoms with Gasteiger partial charge in [-0.25, -0.2) is 4.98 Å². The van der Waals surface area contributed by atoms with Crippen LogP contribution in [0.2, 0.25) is 0 Å². The third-order valence-corrected chi connectivity index (χ3v) is 1.80. The highest BCUT2D eigenvalue weighted by atomic mass is 16.3. The van der Waals surface area contributed by atoms with Crippen LogP contribution in [0.15, 0.2) is 22.7 Å². The lowest BCUT2D eigenvalue weighted by atomic mass is 10.2. The molecular weight excluding hydrogens is 180 g/mol. The Morgan fingerprint density at radius 1 is 1.57 bits per heavy atom. The molecule has 0 aliphatic rings. The van der Waals surface area contributed by atoms with E-state index in [1.54, 1.807) is 12.1 Å². The maximum Gasteiger partial charge on any atom is 0.267 e. The van der Waals surface area contributed by atoms with Crippen LogP contribution in [0, 0.1) is 12.3 Å². The van der Waals surface area contributed by atoms with Gasteiger partial charge in [-0.1, -0.05) is 0 Å².